The zero-order valence-corrected chi connectivity index (χ0v) is 16.5. The Hall–Kier alpha value is -1.67. The first-order chi connectivity index (χ1) is 11.4. The average Bonchev–Trinajstić information content (AvgIpc) is 2.53. The summed E-state index contributed by atoms with van der Waals surface area (Å²) in [6.45, 7) is 0.110. The van der Waals surface area contributed by atoms with Crippen molar-refractivity contribution in [3.05, 3.63) is 66.1 Å². The number of nitrogens with zero attached hydrogens (tertiary/aromatic N) is 1. The first-order valence-corrected chi connectivity index (χ1v) is 8.85. The van der Waals surface area contributed by atoms with E-state index in [9.17, 15) is 9.18 Å². The Morgan fingerprint density at radius 1 is 1.29 bits per heavy atom. The number of nitriles is 1. The fourth-order valence-corrected chi connectivity index (χ4v) is 4.02. The molecule has 0 spiro atoms. The molecule has 0 bridgehead atoms. The fourth-order valence-electron chi connectivity index (χ4n) is 1.89. The van der Waals surface area contributed by atoms with E-state index in [4.69, 9.17) is 15.7 Å². The van der Waals surface area contributed by atoms with Gasteiger partial charge in [-0.3, -0.25) is 4.79 Å². The predicted molar refractivity (Wildman–Crippen MR) is 105 cm³/mol. The summed E-state index contributed by atoms with van der Waals surface area (Å²) in [6.07, 6.45) is 1.42. The number of amides is 1. The molecule has 0 saturated carbocycles. The molecule has 2 aromatic carbocycles. The quantitative estimate of drug-likeness (QED) is 0.349. The second kappa shape index (κ2) is 8.43. The van der Waals surface area contributed by atoms with E-state index in [0.717, 1.165) is 7.14 Å². The lowest BCUT2D eigenvalue weighted by molar-refractivity contribution is -0.114. The molecule has 122 valence electrons. The van der Waals surface area contributed by atoms with Crippen LogP contribution in [-0.4, -0.2) is 5.91 Å². The normalized spacial score (nSPS) is 11.0. The van der Waals surface area contributed by atoms with Crippen LogP contribution in [0.1, 0.15) is 11.1 Å². The van der Waals surface area contributed by atoms with Gasteiger partial charge < -0.3 is 10.5 Å². The number of hydrogen-bond donors (Lipinski definition) is 1. The van der Waals surface area contributed by atoms with Crippen molar-refractivity contribution in [2.75, 3.05) is 0 Å². The Kier molecular flexibility index (Phi) is 6.56. The van der Waals surface area contributed by atoms with Crippen molar-refractivity contribution in [1.82, 2.24) is 0 Å². The maximum absolute atomic E-state index is 13.6. The van der Waals surface area contributed by atoms with Crippen LogP contribution < -0.4 is 10.5 Å². The van der Waals surface area contributed by atoms with Crippen LogP contribution >= 0.6 is 45.2 Å². The van der Waals surface area contributed by atoms with E-state index >= 15 is 0 Å². The standard InChI is InChI=1S/C17H11FI2N2O2/c18-13-4-2-1-3-11(13)9-24-16-14(19)6-10(7-15(16)20)5-12(8-21)17(22)23/h1-7H,9H2,(H2,22,23)/b12-5-. The van der Waals surface area contributed by atoms with Gasteiger partial charge in [-0.15, -0.1) is 0 Å². The minimum absolute atomic E-state index is 0.110. The molecule has 24 heavy (non-hydrogen) atoms. The second-order valence-corrected chi connectivity index (χ2v) is 7.05. The summed E-state index contributed by atoms with van der Waals surface area (Å²) in [5.41, 5.74) is 6.14. The summed E-state index contributed by atoms with van der Waals surface area (Å²) in [7, 11) is 0. The fraction of sp³-hybridized carbons (Fsp3) is 0.0588. The number of halogens is 3. The lowest BCUT2D eigenvalue weighted by Crippen LogP contribution is -2.12. The highest BCUT2D eigenvalue weighted by atomic mass is 127. The molecule has 0 unspecified atom stereocenters. The first-order valence-electron chi connectivity index (χ1n) is 6.69. The molecular weight excluding hydrogens is 537 g/mol. The number of ether oxygens (including phenoxy) is 1. The molecule has 0 radical (unpaired) electrons. The van der Waals surface area contributed by atoms with Gasteiger partial charge in [-0.25, -0.2) is 4.39 Å². The maximum Gasteiger partial charge on any atom is 0.259 e. The van der Waals surface area contributed by atoms with Crippen LogP contribution in [0, 0.1) is 24.3 Å². The summed E-state index contributed by atoms with van der Waals surface area (Å²) in [6, 6.07) is 11.7. The number of benzene rings is 2. The van der Waals surface area contributed by atoms with Crippen LogP contribution in [0.2, 0.25) is 0 Å². The van der Waals surface area contributed by atoms with Gasteiger partial charge in [0, 0.05) is 5.56 Å². The smallest absolute Gasteiger partial charge is 0.259 e. The van der Waals surface area contributed by atoms with Crippen LogP contribution in [0.15, 0.2) is 42.0 Å². The molecule has 0 aliphatic carbocycles. The van der Waals surface area contributed by atoms with Crippen molar-refractivity contribution in [2.24, 2.45) is 5.73 Å². The van der Waals surface area contributed by atoms with Crippen molar-refractivity contribution in [3.63, 3.8) is 0 Å². The molecule has 2 aromatic rings. The third-order valence-electron chi connectivity index (χ3n) is 3.05. The van der Waals surface area contributed by atoms with Crippen molar-refractivity contribution in [3.8, 4) is 11.8 Å². The van der Waals surface area contributed by atoms with Crippen LogP contribution in [0.25, 0.3) is 6.08 Å². The largest absolute Gasteiger partial charge is 0.487 e. The Labute approximate surface area is 165 Å². The summed E-state index contributed by atoms with van der Waals surface area (Å²) in [4.78, 5) is 11.1. The molecule has 0 aliphatic rings. The molecule has 4 nitrogen and oxygen atoms in total. The zero-order valence-electron chi connectivity index (χ0n) is 12.2. The molecule has 0 heterocycles. The summed E-state index contributed by atoms with van der Waals surface area (Å²) in [5.74, 6) is -0.473. The molecule has 0 saturated heterocycles. The van der Waals surface area contributed by atoms with Crippen molar-refractivity contribution >= 4 is 57.2 Å². The topological polar surface area (TPSA) is 76.1 Å². The summed E-state index contributed by atoms with van der Waals surface area (Å²) < 4.78 is 20.9. The highest BCUT2D eigenvalue weighted by Gasteiger charge is 2.11. The molecular formula is C17H11FI2N2O2. The summed E-state index contributed by atoms with van der Waals surface area (Å²) in [5, 5.41) is 8.90. The van der Waals surface area contributed by atoms with Crippen molar-refractivity contribution < 1.29 is 13.9 Å². The second-order valence-electron chi connectivity index (χ2n) is 4.73. The average molecular weight is 548 g/mol. The summed E-state index contributed by atoms with van der Waals surface area (Å²) >= 11 is 4.17. The lowest BCUT2D eigenvalue weighted by Gasteiger charge is -2.12. The van der Waals surface area contributed by atoms with Gasteiger partial charge in [-0.2, -0.15) is 5.26 Å². The van der Waals surface area contributed by atoms with Crippen molar-refractivity contribution in [2.45, 2.75) is 6.61 Å². The van der Waals surface area contributed by atoms with Gasteiger partial charge in [0.05, 0.1) is 7.14 Å². The van der Waals surface area contributed by atoms with Gasteiger partial charge in [0.25, 0.3) is 5.91 Å². The number of rotatable bonds is 5. The van der Waals surface area contributed by atoms with E-state index in [0.29, 0.717) is 16.9 Å². The third-order valence-corrected chi connectivity index (χ3v) is 4.65. The number of carbonyl (C=O) groups excluding carboxylic acids is 1. The molecule has 0 aromatic heterocycles. The monoisotopic (exact) mass is 548 g/mol. The van der Waals surface area contributed by atoms with E-state index < -0.39 is 5.91 Å². The Morgan fingerprint density at radius 2 is 1.92 bits per heavy atom. The molecule has 0 atom stereocenters. The van der Waals surface area contributed by atoms with Gasteiger partial charge in [0.1, 0.15) is 29.8 Å². The molecule has 2 rings (SSSR count). The minimum atomic E-state index is -0.776. The minimum Gasteiger partial charge on any atom is -0.487 e. The molecule has 0 fully saturated rings. The number of primary amides is 1. The Bertz CT molecular complexity index is 837. The number of carbonyl (C=O) groups is 1. The van der Waals surface area contributed by atoms with Gasteiger partial charge in [0.15, 0.2) is 0 Å². The van der Waals surface area contributed by atoms with Gasteiger partial charge in [0.2, 0.25) is 0 Å². The van der Waals surface area contributed by atoms with E-state index in [-0.39, 0.29) is 18.0 Å². The lowest BCUT2D eigenvalue weighted by atomic mass is 10.1. The molecule has 0 aliphatic heterocycles. The molecule has 7 heteroatoms. The third kappa shape index (κ3) is 4.67. The van der Waals surface area contributed by atoms with Gasteiger partial charge in [-0.1, -0.05) is 18.2 Å². The van der Waals surface area contributed by atoms with E-state index in [1.807, 2.05) is 0 Å². The van der Waals surface area contributed by atoms with Gasteiger partial charge in [-0.05, 0) is 75.0 Å². The van der Waals surface area contributed by atoms with Crippen LogP contribution in [0.3, 0.4) is 0 Å². The maximum atomic E-state index is 13.6. The number of nitrogens with two attached hydrogens (primary N) is 1. The SMILES string of the molecule is N#C/C(=C/c1cc(I)c(OCc2ccccc2F)c(I)c1)C(N)=O. The zero-order chi connectivity index (χ0) is 17.7. The van der Waals surface area contributed by atoms with Crippen LogP contribution in [0.5, 0.6) is 5.75 Å². The van der Waals surface area contributed by atoms with Crippen LogP contribution in [0.4, 0.5) is 4.39 Å². The van der Waals surface area contributed by atoms with E-state index in [1.165, 1.54) is 12.1 Å². The number of hydrogen-bond acceptors (Lipinski definition) is 3. The molecule has 2 N–H and O–H groups in total. The highest BCUT2D eigenvalue weighted by Crippen LogP contribution is 2.30. The molecule has 1 amide bonds. The van der Waals surface area contributed by atoms with Gasteiger partial charge >= 0.3 is 0 Å². The van der Waals surface area contributed by atoms with Crippen LogP contribution in [-0.2, 0) is 11.4 Å². The van der Waals surface area contributed by atoms with Crippen molar-refractivity contribution in [1.29, 1.82) is 5.26 Å². The first kappa shape index (κ1) is 18.7. The van der Waals surface area contributed by atoms with E-state index in [1.54, 1.807) is 36.4 Å². The highest BCUT2D eigenvalue weighted by molar-refractivity contribution is 14.1. The van der Waals surface area contributed by atoms with E-state index in [2.05, 4.69) is 45.2 Å². The predicted octanol–water partition coefficient (Wildman–Crippen LogP) is 4.01. The Morgan fingerprint density at radius 3 is 2.46 bits per heavy atom. The Balaban J connectivity index is 2.26.